The second-order valence-electron chi connectivity index (χ2n) is 7.29. The lowest BCUT2D eigenvalue weighted by atomic mass is 10.1. The van der Waals surface area contributed by atoms with Gasteiger partial charge in [-0.1, -0.05) is 0 Å². The molecule has 0 nitrogen and oxygen atoms in total. The van der Waals surface area contributed by atoms with Crippen molar-refractivity contribution in [1.82, 2.24) is 0 Å². The molecule has 0 aliphatic heterocycles. The van der Waals surface area contributed by atoms with Crippen LogP contribution in [-0.4, -0.2) is 45.2 Å². The number of hydrogen-bond acceptors (Lipinski definition) is 0. The molecular formula is C12Cl4F16. The van der Waals surface area contributed by atoms with E-state index in [9.17, 15) is 70.2 Å². The van der Waals surface area contributed by atoms with Crippen molar-refractivity contribution in [3.8, 4) is 0 Å². The number of hydrogen-bond donors (Lipinski definition) is 0. The maximum Gasteiger partial charge on any atom is 0.384 e. The van der Waals surface area contributed by atoms with E-state index in [2.05, 4.69) is 46.4 Å². The molecule has 32 heavy (non-hydrogen) atoms. The lowest BCUT2D eigenvalue weighted by Crippen LogP contribution is -2.43. The van der Waals surface area contributed by atoms with Gasteiger partial charge in [-0.15, -0.1) is 0 Å². The molecule has 4 aliphatic rings. The molecule has 4 fully saturated rings. The summed E-state index contributed by atoms with van der Waals surface area (Å²) in [5.41, 5.74) is -23.1. The molecule has 0 N–H and O–H groups in total. The van der Waals surface area contributed by atoms with Crippen LogP contribution in [0.2, 0.25) is 0 Å². The predicted octanol–water partition coefficient (Wildman–Crippen LogP) is 7.84. The Hall–Kier alpha value is 0.0400. The highest BCUT2D eigenvalue weighted by Crippen LogP contribution is 3.40. The summed E-state index contributed by atoms with van der Waals surface area (Å²) in [5, 5.41) is -25.9. The molecule has 0 aromatic heterocycles. The van der Waals surface area contributed by atoms with Crippen molar-refractivity contribution < 1.29 is 70.2 Å². The smallest absolute Gasteiger partial charge is 0.198 e. The van der Waals surface area contributed by atoms with E-state index in [0.29, 0.717) is 0 Å². The molecule has 0 saturated heterocycles. The quantitative estimate of drug-likeness (QED) is 0.200. The molecule has 0 atom stereocenters. The third-order valence-corrected chi connectivity index (χ3v) is 7.38. The van der Waals surface area contributed by atoms with Crippen LogP contribution >= 0.6 is 46.4 Å². The highest BCUT2D eigenvalue weighted by atomic mass is 35.5. The first-order chi connectivity index (χ1) is 13.5. The molecule has 0 heterocycles. The second-order valence-corrected chi connectivity index (χ2v) is 9.19. The lowest BCUT2D eigenvalue weighted by molar-refractivity contribution is -0.204. The van der Waals surface area contributed by atoms with Gasteiger partial charge < -0.3 is 0 Å². The molecule has 4 rings (SSSR count). The summed E-state index contributed by atoms with van der Waals surface area (Å²) in [5.74, 6) is -27.7. The zero-order valence-corrected chi connectivity index (χ0v) is 16.6. The van der Waals surface area contributed by atoms with Crippen LogP contribution in [0.3, 0.4) is 0 Å². The Balaban J connectivity index is 2.49. The lowest BCUT2D eigenvalue weighted by Gasteiger charge is -2.24. The van der Waals surface area contributed by atoms with E-state index in [-0.39, 0.29) is 0 Å². The van der Waals surface area contributed by atoms with Crippen LogP contribution in [0.1, 0.15) is 0 Å². The zero-order valence-electron chi connectivity index (χ0n) is 13.6. The molecule has 0 aromatic rings. The van der Waals surface area contributed by atoms with E-state index in [1.165, 1.54) is 0 Å². The normalized spacial score (nSPS) is 37.9. The largest absolute Gasteiger partial charge is 0.384 e. The van der Waals surface area contributed by atoms with Crippen molar-refractivity contribution in [3.05, 3.63) is 0 Å². The van der Waals surface area contributed by atoms with Crippen LogP contribution < -0.4 is 0 Å². The predicted molar refractivity (Wildman–Crippen MR) is 72.7 cm³/mol. The number of alkyl halides is 20. The summed E-state index contributed by atoms with van der Waals surface area (Å²) in [4.78, 5) is 0. The molecule has 0 aromatic carbocycles. The second kappa shape index (κ2) is 5.40. The van der Waals surface area contributed by atoms with E-state index >= 15 is 0 Å². The fourth-order valence-corrected chi connectivity index (χ4v) is 6.31. The molecular weight excluding hydrogens is 590 g/mol. The minimum Gasteiger partial charge on any atom is -0.198 e. The van der Waals surface area contributed by atoms with E-state index in [1.54, 1.807) is 0 Å². The summed E-state index contributed by atoms with van der Waals surface area (Å²) < 4.78 is 221. The Kier molecular flexibility index (Phi) is 4.49. The Morgan fingerprint density at radius 3 is 0.438 bits per heavy atom. The van der Waals surface area contributed by atoms with Gasteiger partial charge in [0.2, 0.25) is 0 Å². The molecule has 0 radical (unpaired) electrons. The Bertz CT molecular complexity index is 697. The Labute approximate surface area is 184 Å². The molecule has 4 aliphatic carbocycles. The van der Waals surface area contributed by atoms with Gasteiger partial charge >= 0.3 is 45.2 Å². The molecule has 0 unspecified atom stereocenters. The van der Waals surface area contributed by atoms with E-state index in [0.717, 1.165) is 0 Å². The van der Waals surface area contributed by atoms with Crippen molar-refractivity contribution in [2.75, 3.05) is 0 Å². The average molecular weight is 590 g/mol. The van der Waals surface area contributed by atoms with Crippen molar-refractivity contribution in [1.29, 1.82) is 0 Å². The minimum atomic E-state index is -6.93. The summed E-state index contributed by atoms with van der Waals surface area (Å²) in [6.45, 7) is 0. The fraction of sp³-hybridized carbons (Fsp3) is 1.00. The van der Waals surface area contributed by atoms with Gasteiger partial charge in [0.15, 0.2) is 0 Å². The molecule has 0 bridgehead atoms. The van der Waals surface area contributed by atoms with E-state index in [4.69, 9.17) is 0 Å². The average Bonchev–Trinajstić information content (AvgIpc) is 3.34. The van der Waals surface area contributed by atoms with Gasteiger partial charge in [-0.2, -0.15) is 70.2 Å². The highest BCUT2D eigenvalue weighted by Gasteiger charge is 3.54. The Morgan fingerprint density at radius 2 is 0.375 bits per heavy atom. The summed E-state index contributed by atoms with van der Waals surface area (Å²) in [7, 11) is 0. The highest BCUT2D eigenvalue weighted by molar-refractivity contribution is 6.25. The van der Waals surface area contributed by atoms with Gasteiger partial charge in [-0.05, 0) is 46.4 Å². The first kappa shape index (κ1) is 26.6. The minimum absolute atomic E-state index is 3.89. The molecule has 20 heteroatoms. The molecule has 4 saturated carbocycles. The summed E-state index contributed by atoms with van der Waals surface area (Å²) >= 11 is 15.6. The number of rotatable bonds is 8. The van der Waals surface area contributed by atoms with Gasteiger partial charge in [-0.25, -0.2) is 0 Å². The summed E-state index contributed by atoms with van der Waals surface area (Å²) in [6, 6.07) is 0. The van der Waals surface area contributed by atoms with E-state index < -0.39 is 66.9 Å². The monoisotopic (exact) mass is 588 g/mol. The van der Waals surface area contributed by atoms with Gasteiger partial charge in [0.1, 0.15) is 0 Å². The van der Waals surface area contributed by atoms with Crippen LogP contribution in [-0.2, 0) is 0 Å². The van der Waals surface area contributed by atoms with Crippen LogP contribution in [0.15, 0.2) is 0 Å². The van der Waals surface area contributed by atoms with Gasteiger partial charge in [-0.3, -0.25) is 0 Å². The standard InChI is InChI=1S/C12Cl4F16/c13-9(25,26)5(17,18)1-2(6(19,20)10(14,27)28)3(1,7(21,22)11(15,29)30)4(1,2)8(23,24)12(16,31)32. The van der Waals surface area contributed by atoms with Gasteiger partial charge in [0.05, 0.1) is 21.7 Å². The summed E-state index contributed by atoms with van der Waals surface area (Å²) in [6.07, 6.45) is 0. The maximum atomic E-state index is 14.3. The van der Waals surface area contributed by atoms with Crippen molar-refractivity contribution >= 4 is 46.4 Å². The third-order valence-electron chi connectivity index (χ3n) is 6.43. The fourth-order valence-electron chi connectivity index (χ4n) is 5.74. The first-order valence-corrected chi connectivity index (χ1v) is 8.79. The topological polar surface area (TPSA) is 0 Å². The van der Waals surface area contributed by atoms with Crippen molar-refractivity contribution in [2.45, 2.75) is 45.2 Å². The van der Waals surface area contributed by atoms with Crippen molar-refractivity contribution in [3.63, 3.8) is 0 Å². The molecule has 0 amide bonds. The van der Waals surface area contributed by atoms with Crippen LogP contribution in [0.4, 0.5) is 70.2 Å². The van der Waals surface area contributed by atoms with Crippen molar-refractivity contribution in [2.24, 2.45) is 21.7 Å². The van der Waals surface area contributed by atoms with Gasteiger partial charge in [0.25, 0.3) is 0 Å². The Morgan fingerprint density at radius 1 is 0.281 bits per heavy atom. The number of halogens is 20. The first-order valence-electron chi connectivity index (χ1n) is 7.28. The SMILES string of the molecule is FC(F)(Cl)C(F)(F)C12C3(C(F)(F)C(F)(F)Cl)C1(C(F)(F)C(F)(F)Cl)C23C(F)(F)C(F)(F)Cl. The maximum absolute atomic E-state index is 14.3. The van der Waals surface area contributed by atoms with Gasteiger partial charge in [0, 0.05) is 0 Å². The van der Waals surface area contributed by atoms with Crippen LogP contribution in [0, 0.1) is 21.7 Å². The molecule has 0 spiro atoms. The third kappa shape index (κ3) is 1.82. The van der Waals surface area contributed by atoms with E-state index in [1.807, 2.05) is 0 Å². The zero-order chi connectivity index (χ0) is 26.0. The van der Waals surface area contributed by atoms with Crippen LogP contribution in [0.25, 0.3) is 0 Å². The van der Waals surface area contributed by atoms with Crippen LogP contribution in [0.5, 0.6) is 0 Å². The molecule has 188 valence electrons.